The van der Waals surface area contributed by atoms with Gasteiger partial charge in [-0.3, -0.25) is 0 Å². The van der Waals surface area contributed by atoms with Crippen LogP contribution in [-0.2, 0) is 16.2 Å². The van der Waals surface area contributed by atoms with Crippen molar-refractivity contribution in [3.05, 3.63) is 33.3 Å². The van der Waals surface area contributed by atoms with Gasteiger partial charge in [0.2, 0.25) is 5.13 Å². The zero-order valence-electron chi connectivity index (χ0n) is 15.0. The average Bonchev–Trinajstić information content (AvgIpc) is 3.13. The summed E-state index contributed by atoms with van der Waals surface area (Å²) in [4.78, 5) is 12.8. The number of hydrogen-bond acceptors (Lipinski definition) is 7. The number of rotatable bonds is 5. The van der Waals surface area contributed by atoms with Crippen LogP contribution in [0.3, 0.4) is 0 Å². The molecule has 1 aliphatic rings. The molecular formula is C17H23N4O3S2+. The molecule has 0 bridgehead atoms. The summed E-state index contributed by atoms with van der Waals surface area (Å²) in [5.41, 5.74) is 3.40. The number of ether oxygens (including phenoxy) is 1. The lowest BCUT2D eigenvalue weighted by atomic mass is 10.1. The van der Waals surface area contributed by atoms with Gasteiger partial charge in [-0.15, -0.1) is 5.10 Å². The molecule has 1 unspecified atom stereocenters. The number of carbonyl (C=O) groups excluding carboxylic acids is 1. The number of carbonyl (C=O) groups is 1. The topological polar surface area (TPSA) is 80.8 Å². The van der Waals surface area contributed by atoms with Crippen LogP contribution in [0.2, 0.25) is 0 Å². The van der Waals surface area contributed by atoms with E-state index < -0.39 is 12.1 Å². The van der Waals surface area contributed by atoms with Crippen LogP contribution < -0.4 is 10.2 Å². The Hall–Kier alpha value is -1.81. The van der Waals surface area contributed by atoms with Crippen molar-refractivity contribution >= 4 is 40.3 Å². The summed E-state index contributed by atoms with van der Waals surface area (Å²) < 4.78 is 7.17. The Kier molecular flexibility index (Phi) is 5.71. The third-order valence-electron chi connectivity index (χ3n) is 4.70. The predicted octanol–water partition coefficient (Wildman–Crippen LogP) is 1.18. The molecule has 3 atom stereocenters. The van der Waals surface area contributed by atoms with E-state index in [1.54, 1.807) is 4.68 Å². The van der Waals surface area contributed by atoms with Gasteiger partial charge in [-0.05, 0) is 49.3 Å². The van der Waals surface area contributed by atoms with E-state index in [1.165, 1.54) is 29.6 Å². The lowest BCUT2D eigenvalue weighted by Crippen LogP contribution is -3.14. The van der Waals surface area contributed by atoms with Gasteiger partial charge in [0.15, 0.2) is 16.7 Å². The lowest BCUT2D eigenvalue weighted by Gasteiger charge is -2.18. The number of anilines is 2. The largest absolute Gasteiger partial charge is 0.465 e. The van der Waals surface area contributed by atoms with Gasteiger partial charge >= 0.3 is 5.97 Å². The molecule has 3 rings (SSSR count). The molecule has 2 aromatic rings. The van der Waals surface area contributed by atoms with E-state index in [1.807, 2.05) is 6.07 Å². The molecule has 0 spiro atoms. The normalized spacial score (nSPS) is 22.4. The van der Waals surface area contributed by atoms with E-state index in [0.717, 1.165) is 10.6 Å². The minimum absolute atomic E-state index is 0.313. The van der Waals surface area contributed by atoms with E-state index in [2.05, 4.69) is 36.4 Å². The summed E-state index contributed by atoms with van der Waals surface area (Å²) in [5, 5.41) is 18.4. The number of aryl methyl sites for hydroxylation is 2. The minimum Gasteiger partial charge on any atom is -0.465 e. The second-order valence-corrected chi connectivity index (χ2v) is 8.21. The number of likely N-dealkylation sites (tertiary alicyclic amines) is 1. The second kappa shape index (κ2) is 7.83. The van der Waals surface area contributed by atoms with Crippen molar-refractivity contribution in [3.63, 3.8) is 0 Å². The van der Waals surface area contributed by atoms with Crippen molar-refractivity contribution < 1.29 is 19.5 Å². The molecule has 140 valence electrons. The number of quaternary nitrogens is 1. The summed E-state index contributed by atoms with van der Waals surface area (Å²) in [6.07, 6.45) is -0.122. The maximum absolute atomic E-state index is 11.9. The summed E-state index contributed by atoms with van der Waals surface area (Å²) >= 11 is 6.80. The Morgan fingerprint density at radius 3 is 2.96 bits per heavy atom. The van der Waals surface area contributed by atoms with Crippen LogP contribution in [0.25, 0.3) is 0 Å². The molecule has 0 radical (unpaired) electrons. The summed E-state index contributed by atoms with van der Waals surface area (Å²) in [6, 6.07) is 5.74. The molecule has 9 heteroatoms. The molecule has 0 saturated carbocycles. The van der Waals surface area contributed by atoms with Crippen LogP contribution in [0.4, 0.5) is 10.8 Å². The monoisotopic (exact) mass is 395 g/mol. The molecule has 2 heterocycles. The van der Waals surface area contributed by atoms with Gasteiger partial charge < -0.3 is 20.1 Å². The molecule has 1 aromatic carbocycles. The molecular weight excluding hydrogens is 372 g/mol. The fraction of sp³-hybridized carbons (Fsp3) is 0.471. The van der Waals surface area contributed by atoms with Crippen molar-refractivity contribution in [1.82, 2.24) is 9.78 Å². The number of esters is 1. The molecule has 1 fully saturated rings. The van der Waals surface area contributed by atoms with Crippen molar-refractivity contribution in [3.8, 4) is 0 Å². The van der Waals surface area contributed by atoms with Gasteiger partial charge in [-0.25, -0.2) is 4.79 Å². The van der Waals surface area contributed by atoms with Gasteiger partial charge in [0, 0.05) is 12.1 Å². The minimum atomic E-state index is -0.518. The molecule has 0 amide bonds. The van der Waals surface area contributed by atoms with Crippen LogP contribution in [0.5, 0.6) is 0 Å². The van der Waals surface area contributed by atoms with Gasteiger partial charge in [0.1, 0.15) is 12.6 Å². The Labute approximate surface area is 161 Å². The number of aromatic nitrogens is 2. The number of benzene rings is 1. The first-order valence-electron chi connectivity index (χ1n) is 8.40. The number of nitrogens with zero attached hydrogens (tertiary/aromatic N) is 2. The highest BCUT2D eigenvalue weighted by molar-refractivity contribution is 7.73. The summed E-state index contributed by atoms with van der Waals surface area (Å²) in [7, 11) is 1.37. The van der Waals surface area contributed by atoms with Crippen molar-refractivity contribution in [2.75, 3.05) is 19.0 Å². The Balaban J connectivity index is 1.74. The standard InChI is InChI=1S/C17H22N4O3S2/c1-10-4-5-12(6-11(10)2)18-16-19-21(17(25)26-16)9-20-8-13(22)7-14(20)15(23)24-3/h4-6,13-14,22H,7-9H2,1-3H3,(H,18,19)/p+1/t13-,14+/m1/s1. The van der Waals surface area contributed by atoms with E-state index >= 15 is 0 Å². The molecule has 26 heavy (non-hydrogen) atoms. The zero-order valence-corrected chi connectivity index (χ0v) is 16.6. The van der Waals surface area contributed by atoms with E-state index in [9.17, 15) is 9.90 Å². The molecule has 3 N–H and O–H groups in total. The number of hydrogen-bond donors (Lipinski definition) is 3. The smallest absolute Gasteiger partial charge is 0.364 e. The van der Waals surface area contributed by atoms with E-state index in [4.69, 9.17) is 17.0 Å². The van der Waals surface area contributed by atoms with E-state index in [-0.39, 0.29) is 5.97 Å². The van der Waals surface area contributed by atoms with Gasteiger partial charge in [-0.1, -0.05) is 17.4 Å². The maximum atomic E-state index is 11.9. The van der Waals surface area contributed by atoms with Crippen LogP contribution in [-0.4, -0.2) is 46.7 Å². The number of aliphatic hydroxyl groups excluding tert-OH is 1. The van der Waals surface area contributed by atoms with Gasteiger partial charge in [0.25, 0.3) is 0 Å². The zero-order chi connectivity index (χ0) is 18.8. The quantitative estimate of drug-likeness (QED) is 0.521. The highest BCUT2D eigenvalue weighted by Crippen LogP contribution is 2.22. The maximum Gasteiger partial charge on any atom is 0.364 e. The van der Waals surface area contributed by atoms with Gasteiger partial charge in [-0.2, -0.15) is 4.68 Å². The van der Waals surface area contributed by atoms with Crippen molar-refractivity contribution in [2.24, 2.45) is 0 Å². The molecule has 1 saturated heterocycles. The molecule has 0 aliphatic carbocycles. The number of nitrogens with one attached hydrogen (secondary N) is 2. The first-order chi connectivity index (χ1) is 12.4. The van der Waals surface area contributed by atoms with Crippen LogP contribution in [0.1, 0.15) is 17.5 Å². The van der Waals surface area contributed by atoms with Crippen molar-refractivity contribution in [2.45, 2.75) is 39.1 Å². The highest BCUT2D eigenvalue weighted by atomic mass is 32.1. The Morgan fingerprint density at radius 2 is 2.27 bits per heavy atom. The fourth-order valence-electron chi connectivity index (χ4n) is 3.14. The van der Waals surface area contributed by atoms with Crippen LogP contribution in [0, 0.1) is 17.8 Å². The van der Waals surface area contributed by atoms with E-state index in [0.29, 0.717) is 28.7 Å². The summed E-state index contributed by atoms with van der Waals surface area (Å²) in [5.74, 6) is -0.313. The highest BCUT2D eigenvalue weighted by Gasteiger charge is 2.41. The molecule has 7 nitrogen and oxygen atoms in total. The first kappa shape index (κ1) is 19.0. The third-order valence-corrected chi connectivity index (χ3v) is 5.92. The van der Waals surface area contributed by atoms with Crippen LogP contribution in [0.15, 0.2) is 18.2 Å². The summed E-state index contributed by atoms with van der Waals surface area (Å²) in [6.45, 7) is 5.03. The second-order valence-electron chi connectivity index (χ2n) is 6.58. The molecule has 1 aliphatic heterocycles. The van der Waals surface area contributed by atoms with Crippen LogP contribution >= 0.6 is 23.6 Å². The fourth-order valence-corrected chi connectivity index (χ4v) is 4.17. The van der Waals surface area contributed by atoms with Crippen molar-refractivity contribution in [1.29, 1.82) is 0 Å². The third kappa shape index (κ3) is 4.12. The Morgan fingerprint density at radius 1 is 1.50 bits per heavy atom. The Bertz CT molecular complexity index is 864. The number of methoxy groups -OCH3 is 1. The first-order valence-corrected chi connectivity index (χ1v) is 9.62. The predicted molar refractivity (Wildman–Crippen MR) is 102 cm³/mol. The number of aliphatic hydroxyl groups is 1. The van der Waals surface area contributed by atoms with Gasteiger partial charge in [0.05, 0.1) is 7.11 Å². The lowest BCUT2D eigenvalue weighted by molar-refractivity contribution is -0.928. The average molecular weight is 396 g/mol. The molecule has 1 aromatic heterocycles. The SMILES string of the molecule is COC(=O)[C@@H]1C[C@@H](O)C[NH+]1Cn1nc(Nc2ccc(C)c(C)c2)sc1=S.